The van der Waals surface area contributed by atoms with Gasteiger partial charge in [-0.2, -0.15) is 0 Å². The Balaban J connectivity index is 2.90. The van der Waals surface area contributed by atoms with Gasteiger partial charge in [-0.15, -0.1) is 0 Å². The smallest absolute Gasteiger partial charge is 0.267 e. The summed E-state index contributed by atoms with van der Waals surface area (Å²) in [5.41, 5.74) is 11.2. The molecule has 0 aliphatic carbocycles. The van der Waals surface area contributed by atoms with Crippen molar-refractivity contribution in [3.05, 3.63) is 17.8 Å². The first-order valence-electron chi connectivity index (χ1n) is 4.34. The van der Waals surface area contributed by atoms with E-state index in [0.29, 0.717) is 12.3 Å². The van der Waals surface area contributed by atoms with Crippen LogP contribution in [0.5, 0.6) is 5.88 Å². The molecule has 1 rings (SSSR count). The van der Waals surface area contributed by atoms with Gasteiger partial charge < -0.3 is 16.2 Å². The van der Waals surface area contributed by atoms with Gasteiger partial charge in [0.05, 0.1) is 12.3 Å². The summed E-state index contributed by atoms with van der Waals surface area (Å²) in [5, 5.41) is 0. The number of pyridine rings is 1. The van der Waals surface area contributed by atoms with E-state index in [0.717, 1.165) is 6.42 Å². The molecule has 0 atom stereocenters. The molecule has 0 saturated carbocycles. The second kappa shape index (κ2) is 4.45. The number of hydrogen-bond acceptors (Lipinski definition) is 4. The van der Waals surface area contributed by atoms with E-state index in [9.17, 15) is 4.79 Å². The van der Waals surface area contributed by atoms with E-state index in [1.807, 2.05) is 6.92 Å². The zero-order valence-electron chi connectivity index (χ0n) is 7.99. The van der Waals surface area contributed by atoms with Crippen LogP contribution in [0.3, 0.4) is 0 Å². The molecule has 0 bridgehead atoms. The number of nitrogens with two attached hydrogens (primary N) is 2. The van der Waals surface area contributed by atoms with Gasteiger partial charge in [0.25, 0.3) is 5.91 Å². The number of carbonyl (C=O) groups is 1. The molecular weight excluding hydrogens is 182 g/mol. The lowest BCUT2D eigenvalue weighted by atomic mass is 10.3. The quantitative estimate of drug-likeness (QED) is 0.734. The number of amides is 1. The highest BCUT2D eigenvalue weighted by molar-refractivity contribution is 5.91. The molecule has 0 spiro atoms. The first kappa shape index (κ1) is 10.3. The summed E-state index contributed by atoms with van der Waals surface area (Å²) in [6.45, 7) is 2.48. The van der Waals surface area contributed by atoms with Gasteiger partial charge >= 0.3 is 0 Å². The largest absolute Gasteiger partial charge is 0.476 e. The Morgan fingerprint density at radius 2 is 2.29 bits per heavy atom. The third kappa shape index (κ3) is 2.35. The number of nitrogens with zero attached hydrogens (tertiary/aromatic N) is 1. The molecule has 0 aliphatic heterocycles. The molecule has 1 aromatic heterocycles. The zero-order valence-corrected chi connectivity index (χ0v) is 7.99. The third-order valence-corrected chi connectivity index (χ3v) is 1.59. The summed E-state index contributed by atoms with van der Waals surface area (Å²) in [7, 11) is 0. The lowest BCUT2D eigenvalue weighted by molar-refractivity contribution is 0.0994. The molecule has 14 heavy (non-hydrogen) atoms. The Bertz CT molecular complexity index is 339. The maximum atomic E-state index is 10.8. The Kier molecular flexibility index (Phi) is 3.28. The Hall–Kier alpha value is -1.78. The predicted molar refractivity (Wildman–Crippen MR) is 53.0 cm³/mol. The molecule has 5 nitrogen and oxygen atoms in total. The summed E-state index contributed by atoms with van der Waals surface area (Å²) in [5.74, 6) is -0.325. The highest BCUT2D eigenvalue weighted by atomic mass is 16.5. The number of nitrogen functional groups attached to an aromatic ring is 1. The van der Waals surface area contributed by atoms with E-state index in [-0.39, 0.29) is 11.6 Å². The van der Waals surface area contributed by atoms with Crippen LogP contribution in [0.4, 0.5) is 5.69 Å². The molecule has 76 valence electrons. The number of hydrogen-bond donors (Lipinski definition) is 2. The normalized spacial score (nSPS) is 9.79. The monoisotopic (exact) mass is 195 g/mol. The minimum absolute atomic E-state index is 0.158. The molecule has 5 heteroatoms. The van der Waals surface area contributed by atoms with E-state index in [2.05, 4.69) is 4.98 Å². The first-order valence-corrected chi connectivity index (χ1v) is 4.34. The number of carbonyl (C=O) groups excluding carboxylic acids is 1. The average Bonchev–Trinajstić information content (AvgIpc) is 2.16. The van der Waals surface area contributed by atoms with E-state index in [1.165, 1.54) is 6.07 Å². The van der Waals surface area contributed by atoms with E-state index in [1.54, 1.807) is 6.07 Å². The minimum atomic E-state index is -0.591. The second-order valence-electron chi connectivity index (χ2n) is 2.80. The van der Waals surface area contributed by atoms with Crippen molar-refractivity contribution < 1.29 is 9.53 Å². The maximum absolute atomic E-state index is 10.8. The summed E-state index contributed by atoms with van der Waals surface area (Å²) < 4.78 is 5.23. The Morgan fingerprint density at radius 3 is 2.86 bits per heavy atom. The molecule has 0 aliphatic rings. The zero-order chi connectivity index (χ0) is 10.6. The standard InChI is InChI=1S/C9H13N3O2/c1-2-5-14-9-6(10)3-4-7(12-9)8(11)13/h3-4H,2,5,10H2,1H3,(H2,11,13). The van der Waals surface area contributed by atoms with Crippen molar-refractivity contribution >= 4 is 11.6 Å². The van der Waals surface area contributed by atoms with Gasteiger partial charge in [-0.25, -0.2) is 4.98 Å². The highest BCUT2D eigenvalue weighted by Gasteiger charge is 2.07. The number of anilines is 1. The van der Waals surface area contributed by atoms with Crippen LogP contribution < -0.4 is 16.2 Å². The van der Waals surface area contributed by atoms with Crippen LogP contribution in [0.15, 0.2) is 12.1 Å². The van der Waals surface area contributed by atoms with Gasteiger partial charge in [-0.1, -0.05) is 6.92 Å². The topological polar surface area (TPSA) is 91.2 Å². The summed E-state index contributed by atoms with van der Waals surface area (Å²) >= 11 is 0. The molecule has 1 heterocycles. The van der Waals surface area contributed by atoms with Gasteiger partial charge in [0.2, 0.25) is 5.88 Å². The molecule has 1 amide bonds. The van der Waals surface area contributed by atoms with Gasteiger partial charge in [0.1, 0.15) is 5.69 Å². The van der Waals surface area contributed by atoms with Crippen molar-refractivity contribution in [3.8, 4) is 5.88 Å². The van der Waals surface area contributed by atoms with E-state index >= 15 is 0 Å². The fourth-order valence-electron chi connectivity index (χ4n) is 0.903. The van der Waals surface area contributed by atoms with Crippen LogP contribution in [0.2, 0.25) is 0 Å². The number of rotatable bonds is 4. The minimum Gasteiger partial charge on any atom is -0.476 e. The average molecular weight is 195 g/mol. The van der Waals surface area contributed by atoms with Crippen molar-refractivity contribution in [1.82, 2.24) is 4.98 Å². The predicted octanol–water partition coefficient (Wildman–Crippen LogP) is 0.551. The molecule has 1 aromatic rings. The van der Waals surface area contributed by atoms with Gasteiger partial charge in [0.15, 0.2) is 0 Å². The van der Waals surface area contributed by atoms with Gasteiger partial charge in [-0.05, 0) is 18.6 Å². The molecule has 0 fully saturated rings. The van der Waals surface area contributed by atoms with Crippen molar-refractivity contribution in [1.29, 1.82) is 0 Å². The van der Waals surface area contributed by atoms with Gasteiger partial charge in [0, 0.05) is 0 Å². The fraction of sp³-hybridized carbons (Fsp3) is 0.333. The second-order valence-corrected chi connectivity index (χ2v) is 2.80. The third-order valence-electron chi connectivity index (χ3n) is 1.59. The van der Waals surface area contributed by atoms with Crippen molar-refractivity contribution in [3.63, 3.8) is 0 Å². The van der Waals surface area contributed by atoms with E-state index in [4.69, 9.17) is 16.2 Å². The lowest BCUT2D eigenvalue weighted by Gasteiger charge is -2.06. The molecular formula is C9H13N3O2. The van der Waals surface area contributed by atoms with Crippen LogP contribution in [0, 0.1) is 0 Å². The highest BCUT2D eigenvalue weighted by Crippen LogP contribution is 2.18. The Labute approximate surface area is 82.1 Å². The van der Waals surface area contributed by atoms with Crippen LogP contribution in [-0.2, 0) is 0 Å². The summed E-state index contributed by atoms with van der Waals surface area (Å²) in [6.07, 6.45) is 0.849. The van der Waals surface area contributed by atoms with Crippen molar-refractivity contribution in [2.45, 2.75) is 13.3 Å². The molecule has 0 aromatic carbocycles. The SMILES string of the molecule is CCCOc1nc(C(N)=O)ccc1N. The molecule has 0 unspecified atom stereocenters. The first-order chi connectivity index (χ1) is 6.65. The van der Waals surface area contributed by atoms with Gasteiger partial charge in [-0.3, -0.25) is 4.79 Å². The van der Waals surface area contributed by atoms with Crippen molar-refractivity contribution in [2.75, 3.05) is 12.3 Å². The Morgan fingerprint density at radius 1 is 1.57 bits per heavy atom. The molecule has 0 saturated heterocycles. The van der Waals surface area contributed by atoms with Crippen LogP contribution in [0.1, 0.15) is 23.8 Å². The number of aromatic nitrogens is 1. The maximum Gasteiger partial charge on any atom is 0.267 e. The van der Waals surface area contributed by atoms with Crippen LogP contribution >= 0.6 is 0 Å². The van der Waals surface area contributed by atoms with E-state index < -0.39 is 5.91 Å². The number of ether oxygens (including phenoxy) is 1. The van der Waals surface area contributed by atoms with Crippen LogP contribution in [0.25, 0.3) is 0 Å². The fourth-order valence-corrected chi connectivity index (χ4v) is 0.903. The molecule has 4 N–H and O–H groups in total. The molecule has 0 radical (unpaired) electrons. The van der Waals surface area contributed by atoms with Crippen molar-refractivity contribution in [2.24, 2.45) is 5.73 Å². The lowest BCUT2D eigenvalue weighted by Crippen LogP contribution is -2.14. The summed E-state index contributed by atoms with van der Waals surface area (Å²) in [4.78, 5) is 14.7. The number of primary amides is 1. The summed E-state index contributed by atoms with van der Waals surface area (Å²) in [6, 6.07) is 3.02. The van der Waals surface area contributed by atoms with Crippen LogP contribution in [-0.4, -0.2) is 17.5 Å².